The molecule has 0 unspecified atom stereocenters. The van der Waals surface area contributed by atoms with Gasteiger partial charge in [0.2, 0.25) is 5.81 Å². The van der Waals surface area contributed by atoms with E-state index in [1.165, 1.54) is 0 Å². The molecular formula is C3H4BNO2. The second-order valence-corrected chi connectivity index (χ2v) is 1.75. The first-order chi connectivity index (χ1) is 3.39. The SMILES string of the molecule is O=C1B2OCCN21. The third kappa shape index (κ3) is 0.280. The van der Waals surface area contributed by atoms with Gasteiger partial charge in [-0.2, -0.15) is 0 Å². The summed E-state index contributed by atoms with van der Waals surface area (Å²) in [4.78, 5) is 12.0. The topological polar surface area (TPSA) is 29.3 Å². The van der Waals surface area contributed by atoms with Crippen molar-refractivity contribution in [2.45, 2.75) is 0 Å². The summed E-state index contributed by atoms with van der Waals surface area (Å²) < 4.78 is 4.92. The van der Waals surface area contributed by atoms with Crippen molar-refractivity contribution in [3.63, 3.8) is 0 Å². The highest BCUT2D eigenvalue weighted by atomic mass is 16.5. The normalized spacial score (nSPS) is 26.0. The van der Waals surface area contributed by atoms with Gasteiger partial charge in [0.25, 0.3) is 0 Å². The standard InChI is InChI=1S/C3H4BNO2/c6-3-4-5(3)1-2-7-4/h1-2H2. The lowest BCUT2D eigenvalue weighted by Gasteiger charge is -1.86. The van der Waals surface area contributed by atoms with Crippen LogP contribution < -0.4 is 0 Å². The van der Waals surface area contributed by atoms with Gasteiger partial charge in [0.1, 0.15) is 0 Å². The first kappa shape index (κ1) is 3.49. The smallest absolute Gasteiger partial charge is 0.408 e. The van der Waals surface area contributed by atoms with Crippen LogP contribution in [0.5, 0.6) is 0 Å². The number of carbonyl (C=O) groups is 1. The summed E-state index contributed by atoms with van der Waals surface area (Å²) in [6.07, 6.45) is 0. The minimum atomic E-state index is -0.125. The van der Waals surface area contributed by atoms with Gasteiger partial charge in [0.15, 0.2) is 0 Å². The van der Waals surface area contributed by atoms with Crippen molar-refractivity contribution in [3.05, 3.63) is 0 Å². The van der Waals surface area contributed by atoms with Gasteiger partial charge in [0.05, 0.1) is 0 Å². The summed E-state index contributed by atoms with van der Waals surface area (Å²) in [5, 5.41) is 0. The number of amides is 1. The molecular weight excluding hydrogens is 92.8 g/mol. The van der Waals surface area contributed by atoms with Gasteiger partial charge in [-0.3, -0.25) is 4.79 Å². The summed E-state index contributed by atoms with van der Waals surface area (Å²) in [6.45, 7) is 1.54. The molecule has 0 saturated carbocycles. The molecule has 0 aromatic rings. The van der Waals surface area contributed by atoms with Gasteiger partial charge in [-0.05, 0) is 0 Å². The summed E-state index contributed by atoms with van der Waals surface area (Å²) in [6, 6.07) is 0. The molecule has 4 heteroatoms. The molecule has 2 fully saturated rings. The van der Waals surface area contributed by atoms with Gasteiger partial charge in [-0.15, -0.1) is 0 Å². The zero-order valence-electron chi connectivity index (χ0n) is 3.76. The van der Waals surface area contributed by atoms with E-state index in [0.29, 0.717) is 0 Å². The summed E-state index contributed by atoms with van der Waals surface area (Å²) in [5.41, 5.74) is 0. The largest absolute Gasteiger partial charge is 0.517 e. The molecule has 1 amide bonds. The number of fused-ring (bicyclic) bond motifs is 1. The van der Waals surface area contributed by atoms with Crippen molar-refractivity contribution in [1.29, 1.82) is 0 Å². The van der Waals surface area contributed by atoms with Crippen molar-refractivity contribution in [2.24, 2.45) is 0 Å². The van der Waals surface area contributed by atoms with E-state index in [0.717, 1.165) is 13.2 Å². The number of nitrogens with zero attached hydrogens (tertiary/aromatic N) is 1. The average Bonchev–Trinajstić information content (AvgIpc) is 2.26. The molecule has 0 aromatic carbocycles. The maximum atomic E-state index is 10.3. The molecule has 0 bridgehead atoms. The third-order valence-corrected chi connectivity index (χ3v) is 1.32. The van der Waals surface area contributed by atoms with Crippen molar-refractivity contribution in [2.75, 3.05) is 13.2 Å². The molecule has 2 aliphatic rings. The highest BCUT2D eigenvalue weighted by Gasteiger charge is 2.57. The molecule has 0 radical (unpaired) electrons. The average molecular weight is 96.9 g/mol. The van der Waals surface area contributed by atoms with E-state index in [4.69, 9.17) is 4.65 Å². The van der Waals surface area contributed by atoms with Crippen LogP contribution in [0.1, 0.15) is 0 Å². The predicted molar refractivity (Wildman–Crippen MR) is 23.8 cm³/mol. The summed E-state index contributed by atoms with van der Waals surface area (Å²) >= 11 is 0. The quantitative estimate of drug-likeness (QED) is 0.301. The third-order valence-electron chi connectivity index (χ3n) is 1.32. The van der Waals surface area contributed by atoms with E-state index >= 15 is 0 Å². The highest BCUT2D eigenvalue weighted by molar-refractivity contribution is 6.99. The Hall–Kier alpha value is -0.505. The maximum Gasteiger partial charge on any atom is 0.517 e. The first-order valence-corrected chi connectivity index (χ1v) is 2.32. The van der Waals surface area contributed by atoms with E-state index < -0.39 is 0 Å². The Morgan fingerprint density at radius 1 is 1.86 bits per heavy atom. The predicted octanol–water partition coefficient (Wildman–Crippen LogP) is -0.478. The van der Waals surface area contributed by atoms with Crippen LogP contribution >= 0.6 is 0 Å². The van der Waals surface area contributed by atoms with Crippen LogP contribution in [-0.4, -0.2) is 30.8 Å². The van der Waals surface area contributed by atoms with Crippen LogP contribution in [0.3, 0.4) is 0 Å². The molecule has 0 spiro atoms. The molecule has 2 saturated heterocycles. The fourth-order valence-corrected chi connectivity index (χ4v) is 0.845. The lowest BCUT2D eigenvalue weighted by atomic mass is 10.0. The molecule has 0 N–H and O–H groups in total. The van der Waals surface area contributed by atoms with Crippen LogP contribution in [0.25, 0.3) is 0 Å². The Labute approximate surface area is 41.4 Å². The number of hydrogen-bond donors (Lipinski definition) is 0. The van der Waals surface area contributed by atoms with E-state index in [-0.39, 0.29) is 12.9 Å². The van der Waals surface area contributed by atoms with Crippen LogP contribution in [0.4, 0.5) is 4.79 Å². The van der Waals surface area contributed by atoms with Crippen molar-refractivity contribution >= 4 is 12.9 Å². The molecule has 7 heavy (non-hydrogen) atoms. The van der Waals surface area contributed by atoms with Gasteiger partial charge < -0.3 is 9.47 Å². The van der Waals surface area contributed by atoms with E-state index in [1.54, 1.807) is 4.81 Å². The van der Waals surface area contributed by atoms with Gasteiger partial charge >= 0.3 is 7.05 Å². The molecule has 36 valence electrons. The fourth-order valence-electron chi connectivity index (χ4n) is 0.845. The van der Waals surface area contributed by atoms with E-state index in [9.17, 15) is 4.79 Å². The fraction of sp³-hybridized carbons (Fsp3) is 0.667. The number of rotatable bonds is 0. The van der Waals surface area contributed by atoms with Crippen LogP contribution in [0.2, 0.25) is 0 Å². The lowest BCUT2D eigenvalue weighted by molar-refractivity contribution is 0.252. The summed E-state index contributed by atoms with van der Waals surface area (Å²) in [7, 11) is -0.125. The van der Waals surface area contributed by atoms with E-state index in [2.05, 4.69) is 0 Å². The zero-order chi connectivity index (χ0) is 4.85. The molecule has 2 aliphatic heterocycles. The summed E-state index contributed by atoms with van der Waals surface area (Å²) in [5.74, 6) is 0.159. The minimum Gasteiger partial charge on any atom is -0.408 e. The Balaban J connectivity index is 2.19. The van der Waals surface area contributed by atoms with Gasteiger partial charge in [-0.1, -0.05) is 0 Å². The number of carbonyl (C=O) groups excluding carboxylic acids is 1. The van der Waals surface area contributed by atoms with Crippen LogP contribution in [0, 0.1) is 0 Å². The van der Waals surface area contributed by atoms with E-state index in [1.807, 2.05) is 0 Å². The molecule has 3 nitrogen and oxygen atoms in total. The first-order valence-electron chi connectivity index (χ1n) is 2.32. The Morgan fingerprint density at radius 3 is 3.00 bits per heavy atom. The second kappa shape index (κ2) is 0.840. The molecule has 2 rings (SSSR count). The van der Waals surface area contributed by atoms with Crippen LogP contribution in [0.15, 0.2) is 0 Å². The lowest BCUT2D eigenvalue weighted by Crippen LogP contribution is -2.00. The maximum absolute atomic E-state index is 10.3. The Morgan fingerprint density at radius 2 is 2.71 bits per heavy atom. The van der Waals surface area contributed by atoms with Crippen molar-refractivity contribution < 1.29 is 9.45 Å². The molecule has 2 heterocycles. The monoisotopic (exact) mass is 97.0 g/mol. The molecule has 0 atom stereocenters. The zero-order valence-corrected chi connectivity index (χ0v) is 3.76. The van der Waals surface area contributed by atoms with Gasteiger partial charge in [-0.25, -0.2) is 0 Å². The molecule has 0 aromatic heterocycles. The Bertz CT molecular complexity index is 114. The highest BCUT2D eigenvalue weighted by Crippen LogP contribution is 2.22. The molecule has 0 aliphatic carbocycles. The second-order valence-electron chi connectivity index (χ2n) is 1.75. The minimum absolute atomic E-state index is 0.125. The van der Waals surface area contributed by atoms with Crippen molar-refractivity contribution in [1.82, 2.24) is 4.81 Å². The van der Waals surface area contributed by atoms with Gasteiger partial charge in [0, 0.05) is 13.2 Å². The number of hydrogen-bond acceptors (Lipinski definition) is 2. The van der Waals surface area contributed by atoms with Crippen molar-refractivity contribution in [3.8, 4) is 0 Å². The Kier molecular flexibility index (Phi) is 0.419. The van der Waals surface area contributed by atoms with Crippen LogP contribution in [-0.2, 0) is 4.65 Å².